The van der Waals surface area contributed by atoms with Crippen molar-refractivity contribution in [3.8, 4) is 0 Å². The third kappa shape index (κ3) is 3.65. The van der Waals surface area contributed by atoms with Crippen molar-refractivity contribution in [1.82, 2.24) is 14.9 Å². The fourth-order valence-corrected chi connectivity index (χ4v) is 2.28. The molecule has 4 heteroatoms. The van der Waals surface area contributed by atoms with Gasteiger partial charge in [0.05, 0.1) is 18.1 Å². The molecule has 3 nitrogen and oxygen atoms in total. The zero-order valence-corrected chi connectivity index (χ0v) is 10.7. The van der Waals surface area contributed by atoms with Crippen LogP contribution in [0.5, 0.6) is 0 Å². The number of nitrogens with zero attached hydrogens (tertiary/aromatic N) is 3. The number of hydrogen-bond donors (Lipinski definition) is 0. The second kappa shape index (κ2) is 4.91. The molecule has 0 atom stereocenters. The Balaban J connectivity index is 1.58. The summed E-state index contributed by atoms with van der Waals surface area (Å²) in [5, 5.41) is 0.477. The van der Waals surface area contributed by atoms with Gasteiger partial charge in [0.15, 0.2) is 0 Å². The minimum atomic E-state index is 0.477. The fraction of sp³-hybridized carbons (Fsp3) is 0.692. The predicted octanol–water partition coefficient (Wildman–Crippen LogP) is 2.75. The minimum Gasteiger partial charge on any atom is -0.297 e. The number of halogens is 1. The van der Waals surface area contributed by atoms with Crippen LogP contribution in [0.15, 0.2) is 12.4 Å². The highest BCUT2D eigenvalue weighted by molar-refractivity contribution is 6.29. The molecule has 17 heavy (non-hydrogen) atoms. The summed E-state index contributed by atoms with van der Waals surface area (Å²) < 4.78 is 0. The van der Waals surface area contributed by atoms with E-state index in [2.05, 4.69) is 14.9 Å². The summed E-state index contributed by atoms with van der Waals surface area (Å²) in [6.07, 6.45) is 9.08. The van der Waals surface area contributed by atoms with E-state index in [1.165, 1.54) is 38.8 Å². The summed E-state index contributed by atoms with van der Waals surface area (Å²) >= 11 is 5.75. The van der Waals surface area contributed by atoms with Crippen molar-refractivity contribution >= 4 is 11.6 Å². The quantitative estimate of drug-likeness (QED) is 0.779. The maximum absolute atomic E-state index is 5.75. The molecule has 2 fully saturated rings. The van der Waals surface area contributed by atoms with Crippen LogP contribution < -0.4 is 0 Å². The fourth-order valence-electron chi connectivity index (χ4n) is 2.18. The largest absolute Gasteiger partial charge is 0.297 e. The van der Waals surface area contributed by atoms with Crippen molar-refractivity contribution in [2.75, 3.05) is 13.1 Å². The Hall–Kier alpha value is -0.670. The average Bonchev–Trinajstić information content (AvgIpc) is 3.17. The van der Waals surface area contributed by atoms with Crippen LogP contribution in [0, 0.1) is 11.8 Å². The first-order chi connectivity index (χ1) is 8.29. The zero-order chi connectivity index (χ0) is 11.7. The van der Waals surface area contributed by atoms with Gasteiger partial charge >= 0.3 is 0 Å². The van der Waals surface area contributed by atoms with Gasteiger partial charge < -0.3 is 0 Å². The van der Waals surface area contributed by atoms with Crippen molar-refractivity contribution in [3.63, 3.8) is 0 Å². The molecule has 2 aliphatic rings. The van der Waals surface area contributed by atoms with E-state index in [1.807, 2.05) is 0 Å². The van der Waals surface area contributed by atoms with Crippen molar-refractivity contribution in [1.29, 1.82) is 0 Å². The van der Waals surface area contributed by atoms with Crippen LogP contribution in [-0.2, 0) is 6.54 Å². The topological polar surface area (TPSA) is 29.0 Å². The molecule has 0 amide bonds. The van der Waals surface area contributed by atoms with Crippen LogP contribution in [-0.4, -0.2) is 28.0 Å². The maximum Gasteiger partial charge on any atom is 0.147 e. The second-order valence-electron chi connectivity index (χ2n) is 5.41. The lowest BCUT2D eigenvalue weighted by molar-refractivity contribution is 0.241. The molecule has 1 heterocycles. The molecule has 0 aromatic carbocycles. The van der Waals surface area contributed by atoms with Crippen LogP contribution in [0.25, 0.3) is 0 Å². The van der Waals surface area contributed by atoms with E-state index in [-0.39, 0.29) is 0 Å². The van der Waals surface area contributed by atoms with Crippen molar-refractivity contribution in [2.45, 2.75) is 32.2 Å². The molecule has 0 N–H and O–H groups in total. The summed E-state index contributed by atoms with van der Waals surface area (Å²) in [4.78, 5) is 11.0. The van der Waals surface area contributed by atoms with Gasteiger partial charge in [0.2, 0.25) is 0 Å². The molecule has 3 rings (SSSR count). The first-order valence-corrected chi connectivity index (χ1v) is 6.86. The Labute approximate surface area is 107 Å². The monoisotopic (exact) mass is 251 g/mol. The average molecular weight is 252 g/mol. The lowest BCUT2D eigenvalue weighted by Gasteiger charge is -2.21. The molecular formula is C13H18ClN3. The summed E-state index contributed by atoms with van der Waals surface area (Å²) in [5.41, 5.74) is 1.04. The van der Waals surface area contributed by atoms with Gasteiger partial charge in [-0.25, -0.2) is 4.98 Å². The lowest BCUT2D eigenvalue weighted by Crippen LogP contribution is -2.28. The van der Waals surface area contributed by atoms with Crippen LogP contribution in [0.2, 0.25) is 5.15 Å². The second-order valence-corrected chi connectivity index (χ2v) is 5.80. The third-order valence-electron chi connectivity index (χ3n) is 3.49. The summed E-state index contributed by atoms with van der Waals surface area (Å²) in [5.74, 6) is 1.88. The molecule has 0 saturated heterocycles. The minimum absolute atomic E-state index is 0.477. The van der Waals surface area contributed by atoms with Gasteiger partial charge in [-0.3, -0.25) is 9.88 Å². The molecule has 92 valence electrons. The van der Waals surface area contributed by atoms with Gasteiger partial charge in [0, 0.05) is 19.6 Å². The van der Waals surface area contributed by atoms with Crippen LogP contribution >= 0.6 is 11.6 Å². The van der Waals surface area contributed by atoms with Gasteiger partial charge in [-0.15, -0.1) is 0 Å². The summed E-state index contributed by atoms with van der Waals surface area (Å²) in [6, 6.07) is 0. The van der Waals surface area contributed by atoms with Crippen LogP contribution in [0.1, 0.15) is 31.4 Å². The van der Waals surface area contributed by atoms with E-state index in [0.29, 0.717) is 5.15 Å². The molecule has 0 bridgehead atoms. The highest BCUT2D eigenvalue weighted by Gasteiger charge is 2.29. The maximum atomic E-state index is 5.75. The first-order valence-electron chi connectivity index (χ1n) is 6.48. The van der Waals surface area contributed by atoms with Crippen molar-refractivity contribution < 1.29 is 0 Å². The molecule has 2 saturated carbocycles. The van der Waals surface area contributed by atoms with Gasteiger partial charge in [-0.1, -0.05) is 11.6 Å². The van der Waals surface area contributed by atoms with E-state index < -0.39 is 0 Å². The SMILES string of the molecule is Clc1cnc(CN(CC2CC2)CC2CC2)cn1. The highest BCUT2D eigenvalue weighted by atomic mass is 35.5. The molecule has 0 spiro atoms. The Bertz CT molecular complexity index is 357. The summed E-state index contributed by atoms with van der Waals surface area (Å²) in [6.45, 7) is 3.40. The first kappa shape index (κ1) is 11.4. The summed E-state index contributed by atoms with van der Waals surface area (Å²) in [7, 11) is 0. The van der Waals surface area contributed by atoms with Crippen molar-refractivity contribution in [3.05, 3.63) is 23.2 Å². The van der Waals surface area contributed by atoms with Crippen LogP contribution in [0.3, 0.4) is 0 Å². The highest BCUT2D eigenvalue weighted by Crippen LogP contribution is 2.34. The Morgan fingerprint density at radius 2 is 1.71 bits per heavy atom. The van der Waals surface area contributed by atoms with E-state index >= 15 is 0 Å². The lowest BCUT2D eigenvalue weighted by atomic mass is 10.3. The smallest absolute Gasteiger partial charge is 0.147 e. The Kier molecular flexibility index (Phi) is 3.30. The van der Waals surface area contributed by atoms with E-state index in [4.69, 9.17) is 11.6 Å². The van der Waals surface area contributed by atoms with Gasteiger partial charge in [0.25, 0.3) is 0 Å². The van der Waals surface area contributed by atoms with Gasteiger partial charge in [-0.05, 0) is 37.5 Å². The standard InChI is InChI=1S/C13H18ClN3/c14-13-6-15-12(5-16-13)9-17(7-10-1-2-10)8-11-3-4-11/h5-6,10-11H,1-4,7-9H2. The normalized spacial score (nSPS) is 19.9. The number of aromatic nitrogens is 2. The van der Waals surface area contributed by atoms with E-state index in [1.54, 1.807) is 12.4 Å². The molecule has 2 aliphatic carbocycles. The molecular weight excluding hydrogens is 234 g/mol. The van der Waals surface area contributed by atoms with E-state index in [9.17, 15) is 0 Å². The molecule has 1 aromatic rings. The Morgan fingerprint density at radius 1 is 1.06 bits per heavy atom. The number of hydrogen-bond acceptors (Lipinski definition) is 3. The molecule has 0 aliphatic heterocycles. The molecule has 0 unspecified atom stereocenters. The van der Waals surface area contributed by atoms with Crippen LogP contribution in [0.4, 0.5) is 0 Å². The predicted molar refractivity (Wildman–Crippen MR) is 67.8 cm³/mol. The number of rotatable bonds is 6. The Morgan fingerprint density at radius 3 is 2.18 bits per heavy atom. The zero-order valence-electron chi connectivity index (χ0n) is 9.98. The van der Waals surface area contributed by atoms with E-state index in [0.717, 1.165) is 24.1 Å². The third-order valence-corrected chi connectivity index (χ3v) is 3.68. The van der Waals surface area contributed by atoms with Crippen molar-refractivity contribution in [2.24, 2.45) is 11.8 Å². The van der Waals surface area contributed by atoms with Gasteiger partial charge in [0.1, 0.15) is 5.15 Å². The molecule has 1 aromatic heterocycles. The molecule has 0 radical (unpaired) electrons. The van der Waals surface area contributed by atoms with Gasteiger partial charge in [-0.2, -0.15) is 0 Å².